The molecule has 0 saturated carbocycles. The molecule has 0 amide bonds. The van der Waals surface area contributed by atoms with Crippen molar-refractivity contribution in [2.75, 3.05) is 18.0 Å². The van der Waals surface area contributed by atoms with Gasteiger partial charge < -0.3 is 9.64 Å². The highest BCUT2D eigenvalue weighted by Crippen LogP contribution is 2.31. The zero-order valence-corrected chi connectivity index (χ0v) is 13.6. The fraction of sp³-hybridized carbons (Fsp3) is 0.625. The van der Waals surface area contributed by atoms with Gasteiger partial charge in [0.25, 0.3) is 0 Å². The highest BCUT2D eigenvalue weighted by molar-refractivity contribution is 5.41. The smallest absolute Gasteiger partial charge is 0.132 e. The van der Waals surface area contributed by atoms with Crippen LogP contribution in [0.1, 0.15) is 43.0 Å². The topological polar surface area (TPSA) is 69.0 Å². The summed E-state index contributed by atoms with van der Waals surface area (Å²) in [6.45, 7) is 6.61. The van der Waals surface area contributed by atoms with Gasteiger partial charge in [0, 0.05) is 31.3 Å². The van der Waals surface area contributed by atoms with Crippen molar-refractivity contribution in [1.82, 2.24) is 25.0 Å². The van der Waals surface area contributed by atoms with Crippen molar-refractivity contribution in [1.29, 1.82) is 0 Å². The summed E-state index contributed by atoms with van der Waals surface area (Å²) in [4.78, 5) is 11.6. The summed E-state index contributed by atoms with van der Waals surface area (Å²) >= 11 is 0. The Labute approximate surface area is 135 Å². The second-order valence-electron chi connectivity index (χ2n) is 6.36. The zero-order valence-electron chi connectivity index (χ0n) is 13.6. The summed E-state index contributed by atoms with van der Waals surface area (Å²) in [7, 11) is 0. The third-order valence-electron chi connectivity index (χ3n) is 4.61. The molecule has 2 aliphatic heterocycles. The quantitative estimate of drug-likeness (QED) is 0.858. The fourth-order valence-electron chi connectivity index (χ4n) is 3.50. The molecule has 0 N–H and O–H groups in total. The van der Waals surface area contributed by atoms with Gasteiger partial charge >= 0.3 is 0 Å². The molecule has 1 fully saturated rings. The molecule has 4 heterocycles. The first-order chi connectivity index (χ1) is 11.2. The molecule has 0 spiro atoms. The molecule has 2 aromatic rings. The lowest BCUT2D eigenvalue weighted by atomic mass is 10.0. The number of anilines is 1. The highest BCUT2D eigenvalue weighted by Gasteiger charge is 2.36. The van der Waals surface area contributed by atoms with E-state index in [9.17, 15) is 0 Å². The largest absolute Gasteiger partial charge is 0.370 e. The first-order valence-electron chi connectivity index (χ1n) is 8.34. The van der Waals surface area contributed by atoms with Crippen LogP contribution in [0.25, 0.3) is 0 Å². The second-order valence-corrected chi connectivity index (χ2v) is 6.36. The number of aromatic nitrogens is 5. The molecule has 0 radical (unpaired) electrons. The van der Waals surface area contributed by atoms with E-state index >= 15 is 0 Å². The van der Waals surface area contributed by atoms with Gasteiger partial charge in [-0.15, -0.1) is 5.10 Å². The first kappa shape index (κ1) is 14.6. The van der Waals surface area contributed by atoms with Crippen LogP contribution in [0.3, 0.4) is 0 Å². The Morgan fingerprint density at radius 3 is 3.13 bits per heavy atom. The number of piperidine rings is 1. The van der Waals surface area contributed by atoms with Crippen molar-refractivity contribution in [3.8, 4) is 0 Å². The lowest BCUT2D eigenvalue weighted by molar-refractivity contribution is -0.0373. The van der Waals surface area contributed by atoms with Crippen LogP contribution in [0.4, 0.5) is 5.82 Å². The predicted octanol–water partition coefficient (Wildman–Crippen LogP) is 1.68. The number of hydrogen-bond acceptors (Lipinski definition) is 6. The van der Waals surface area contributed by atoms with Crippen LogP contribution >= 0.6 is 0 Å². The van der Waals surface area contributed by atoms with Crippen molar-refractivity contribution in [2.24, 2.45) is 0 Å². The third kappa shape index (κ3) is 2.69. The Morgan fingerprint density at radius 2 is 2.26 bits per heavy atom. The van der Waals surface area contributed by atoms with E-state index in [1.165, 1.54) is 0 Å². The number of ether oxygens (including phenoxy) is 1. The van der Waals surface area contributed by atoms with Gasteiger partial charge in [-0.3, -0.25) is 0 Å². The van der Waals surface area contributed by atoms with Crippen LogP contribution < -0.4 is 4.90 Å². The molecular weight excluding hydrogens is 292 g/mol. The number of aryl methyl sites for hydroxylation is 2. The molecule has 7 heteroatoms. The maximum absolute atomic E-state index is 5.98. The van der Waals surface area contributed by atoms with Gasteiger partial charge in [-0.2, -0.15) is 0 Å². The molecule has 2 aromatic heterocycles. The maximum atomic E-state index is 5.98. The molecule has 2 aliphatic rings. The molecule has 4 rings (SSSR count). The lowest BCUT2D eigenvalue weighted by Gasteiger charge is -2.41. The Hall–Kier alpha value is -2.02. The van der Waals surface area contributed by atoms with Crippen molar-refractivity contribution >= 4 is 5.82 Å². The van der Waals surface area contributed by atoms with E-state index in [2.05, 4.69) is 33.2 Å². The molecule has 0 aliphatic carbocycles. The summed E-state index contributed by atoms with van der Waals surface area (Å²) in [5.41, 5.74) is 2.08. The van der Waals surface area contributed by atoms with Crippen LogP contribution in [-0.4, -0.2) is 44.2 Å². The molecular formula is C16H22N6O. The van der Waals surface area contributed by atoms with Crippen molar-refractivity contribution in [3.05, 3.63) is 29.5 Å². The van der Waals surface area contributed by atoms with E-state index in [4.69, 9.17) is 9.72 Å². The minimum atomic E-state index is 0.208. The fourth-order valence-corrected chi connectivity index (χ4v) is 3.50. The molecule has 0 bridgehead atoms. The van der Waals surface area contributed by atoms with E-state index in [1.54, 1.807) is 6.20 Å². The SMILES string of the molecule is CCCc1nc(C)cc(N2CCC3OCc4cnnn4C3C2)n1. The summed E-state index contributed by atoms with van der Waals surface area (Å²) < 4.78 is 8.01. The molecule has 23 heavy (non-hydrogen) atoms. The monoisotopic (exact) mass is 314 g/mol. The highest BCUT2D eigenvalue weighted by atomic mass is 16.5. The lowest BCUT2D eigenvalue weighted by Crippen LogP contribution is -2.48. The van der Waals surface area contributed by atoms with Gasteiger partial charge in [0.1, 0.15) is 11.6 Å². The number of nitrogens with zero attached hydrogens (tertiary/aromatic N) is 6. The maximum Gasteiger partial charge on any atom is 0.132 e. The first-order valence-corrected chi connectivity index (χ1v) is 8.34. The number of rotatable bonds is 3. The predicted molar refractivity (Wildman–Crippen MR) is 85.2 cm³/mol. The molecule has 2 unspecified atom stereocenters. The van der Waals surface area contributed by atoms with E-state index in [-0.39, 0.29) is 12.1 Å². The van der Waals surface area contributed by atoms with E-state index < -0.39 is 0 Å². The average Bonchev–Trinajstić information content (AvgIpc) is 3.03. The average molecular weight is 314 g/mol. The van der Waals surface area contributed by atoms with Gasteiger partial charge in [-0.25, -0.2) is 14.6 Å². The zero-order chi connectivity index (χ0) is 15.8. The van der Waals surface area contributed by atoms with E-state index in [1.807, 2.05) is 11.6 Å². The van der Waals surface area contributed by atoms with E-state index in [0.29, 0.717) is 6.61 Å². The van der Waals surface area contributed by atoms with Crippen molar-refractivity contribution in [3.63, 3.8) is 0 Å². The van der Waals surface area contributed by atoms with Gasteiger partial charge in [-0.1, -0.05) is 12.1 Å². The van der Waals surface area contributed by atoms with Crippen LogP contribution in [-0.2, 0) is 17.8 Å². The van der Waals surface area contributed by atoms with Crippen molar-refractivity contribution < 1.29 is 4.74 Å². The van der Waals surface area contributed by atoms with E-state index in [0.717, 1.165) is 55.4 Å². The Morgan fingerprint density at radius 1 is 1.35 bits per heavy atom. The number of hydrogen-bond donors (Lipinski definition) is 0. The van der Waals surface area contributed by atoms with Crippen LogP contribution in [0.5, 0.6) is 0 Å². The van der Waals surface area contributed by atoms with Gasteiger partial charge in [0.15, 0.2) is 0 Å². The van der Waals surface area contributed by atoms with Gasteiger partial charge in [0.2, 0.25) is 0 Å². The Balaban J connectivity index is 1.60. The summed E-state index contributed by atoms with van der Waals surface area (Å²) in [6.07, 6.45) is 4.98. The molecule has 122 valence electrons. The van der Waals surface area contributed by atoms with Crippen LogP contribution in [0.15, 0.2) is 12.3 Å². The number of fused-ring (bicyclic) bond motifs is 3. The third-order valence-corrected chi connectivity index (χ3v) is 4.61. The Bertz CT molecular complexity index is 700. The van der Waals surface area contributed by atoms with Crippen LogP contribution in [0, 0.1) is 6.92 Å². The van der Waals surface area contributed by atoms with Crippen molar-refractivity contribution in [2.45, 2.75) is 51.9 Å². The van der Waals surface area contributed by atoms with Crippen LogP contribution in [0.2, 0.25) is 0 Å². The van der Waals surface area contributed by atoms with Gasteiger partial charge in [0.05, 0.1) is 30.6 Å². The minimum Gasteiger partial charge on any atom is -0.370 e. The molecule has 2 atom stereocenters. The summed E-state index contributed by atoms with van der Waals surface area (Å²) in [5, 5.41) is 8.30. The molecule has 7 nitrogen and oxygen atoms in total. The molecule has 0 aromatic carbocycles. The standard InChI is InChI=1S/C16H22N6O/c1-3-4-15-18-11(2)7-16(19-15)21-6-5-14-13(9-21)22-12(10-23-14)8-17-20-22/h7-8,13-14H,3-6,9-10H2,1-2H3. The Kier molecular flexibility index (Phi) is 3.72. The molecule has 1 saturated heterocycles. The minimum absolute atomic E-state index is 0.208. The summed E-state index contributed by atoms with van der Waals surface area (Å²) in [5.74, 6) is 1.96. The van der Waals surface area contributed by atoms with Gasteiger partial charge in [-0.05, 0) is 19.8 Å². The second kappa shape index (κ2) is 5.88. The summed E-state index contributed by atoms with van der Waals surface area (Å²) in [6, 6.07) is 2.28. The normalized spacial score (nSPS) is 23.5.